The average Bonchev–Trinajstić information content (AvgIpc) is 3.45. The Morgan fingerprint density at radius 2 is 1.97 bits per heavy atom. The number of carbonyl (C=O) groups is 2. The quantitative estimate of drug-likeness (QED) is 0.829. The van der Waals surface area contributed by atoms with Crippen molar-refractivity contribution in [2.45, 2.75) is 64.3 Å². The van der Waals surface area contributed by atoms with Crippen molar-refractivity contribution in [3.8, 4) is 0 Å². The second-order valence-corrected chi connectivity index (χ2v) is 8.95. The first-order chi connectivity index (χ1) is 13.8. The van der Waals surface area contributed by atoms with Crippen LogP contribution in [0.4, 0.5) is 4.39 Å². The van der Waals surface area contributed by atoms with E-state index in [9.17, 15) is 9.59 Å². The molecule has 2 heterocycles. The fraction of sp³-hybridized carbons (Fsp3) is 0.565. The third-order valence-corrected chi connectivity index (χ3v) is 6.49. The molecule has 1 saturated heterocycles. The predicted molar refractivity (Wildman–Crippen MR) is 112 cm³/mol. The molecule has 5 nitrogen and oxygen atoms in total. The smallest absolute Gasteiger partial charge is 0.270 e. The van der Waals surface area contributed by atoms with Crippen LogP contribution in [0, 0.1) is 5.82 Å². The molecule has 0 spiro atoms. The second-order valence-electron chi connectivity index (χ2n) is 8.95. The van der Waals surface area contributed by atoms with Crippen LogP contribution in [0.2, 0.25) is 0 Å². The van der Waals surface area contributed by atoms with E-state index in [4.69, 9.17) is 0 Å². The first-order valence-electron chi connectivity index (χ1n) is 10.7. The second kappa shape index (κ2) is 7.47. The van der Waals surface area contributed by atoms with Gasteiger partial charge in [-0.3, -0.25) is 9.59 Å². The number of amides is 2. The molecule has 0 bridgehead atoms. The summed E-state index contributed by atoms with van der Waals surface area (Å²) >= 11 is 0. The maximum atomic E-state index is 15.6. The van der Waals surface area contributed by atoms with Crippen molar-refractivity contribution >= 4 is 22.7 Å². The van der Waals surface area contributed by atoms with Crippen LogP contribution in [-0.4, -0.2) is 52.8 Å². The molecule has 0 radical (unpaired) electrons. The molecule has 156 valence electrons. The Labute approximate surface area is 171 Å². The number of carbonyl (C=O) groups excluding carboxylic acids is 2. The fourth-order valence-electron chi connectivity index (χ4n) is 4.53. The first kappa shape index (κ1) is 19.9. The highest BCUT2D eigenvalue weighted by atomic mass is 19.1. The summed E-state index contributed by atoms with van der Waals surface area (Å²) in [5.74, 6) is -0.153. The van der Waals surface area contributed by atoms with Crippen LogP contribution in [0.15, 0.2) is 12.1 Å². The van der Waals surface area contributed by atoms with Crippen molar-refractivity contribution in [2.75, 3.05) is 20.1 Å². The van der Waals surface area contributed by atoms with E-state index in [1.54, 1.807) is 16.7 Å². The van der Waals surface area contributed by atoms with Crippen molar-refractivity contribution in [1.29, 1.82) is 0 Å². The van der Waals surface area contributed by atoms with Crippen LogP contribution in [0.5, 0.6) is 0 Å². The Morgan fingerprint density at radius 1 is 1.24 bits per heavy atom. The molecule has 1 aromatic heterocycles. The van der Waals surface area contributed by atoms with E-state index < -0.39 is 0 Å². The molecule has 1 aromatic carbocycles. The number of aromatic amines is 1. The van der Waals surface area contributed by atoms with Gasteiger partial charge in [-0.2, -0.15) is 0 Å². The molecule has 29 heavy (non-hydrogen) atoms. The Morgan fingerprint density at radius 3 is 2.59 bits per heavy atom. The monoisotopic (exact) mass is 399 g/mol. The van der Waals surface area contributed by atoms with Crippen molar-refractivity contribution in [2.24, 2.45) is 0 Å². The molecule has 1 aliphatic carbocycles. The zero-order chi connectivity index (χ0) is 20.9. The van der Waals surface area contributed by atoms with Gasteiger partial charge in [0.05, 0.1) is 5.52 Å². The number of piperidine rings is 1. The Hall–Kier alpha value is -2.37. The van der Waals surface area contributed by atoms with E-state index in [-0.39, 0.29) is 29.5 Å². The van der Waals surface area contributed by atoms with Gasteiger partial charge in [0.1, 0.15) is 5.69 Å². The van der Waals surface area contributed by atoms with E-state index >= 15 is 4.39 Å². The topological polar surface area (TPSA) is 56.4 Å². The summed E-state index contributed by atoms with van der Waals surface area (Å²) in [4.78, 5) is 31.3. The van der Waals surface area contributed by atoms with E-state index in [0.29, 0.717) is 29.4 Å². The Bertz CT molecular complexity index is 961. The van der Waals surface area contributed by atoms with E-state index in [1.165, 1.54) is 0 Å². The van der Waals surface area contributed by atoms with Gasteiger partial charge in [-0.1, -0.05) is 19.9 Å². The first-order valence-corrected chi connectivity index (χ1v) is 10.7. The number of halogens is 1. The molecule has 1 saturated carbocycles. The van der Waals surface area contributed by atoms with Gasteiger partial charge in [-0.25, -0.2) is 4.39 Å². The molecule has 2 aliphatic rings. The summed E-state index contributed by atoms with van der Waals surface area (Å²) < 4.78 is 15.6. The molecule has 2 fully saturated rings. The Balaban J connectivity index is 1.77. The van der Waals surface area contributed by atoms with Crippen LogP contribution in [0.25, 0.3) is 10.9 Å². The third kappa shape index (κ3) is 3.65. The van der Waals surface area contributed by atoms with Gasteiger partial charge in [-0.05, 0) is 48.8 Å². The number of hydrogen-bond acceptors (Lipinski definition) is 2. The number of aromatic nitrogens is 1. The number of benzene rings is 1. The van der Waals surface area contributed by atoms with E-state index in [1.807, 2.05) is 19.2 Å². The van der Waals surface area contributed by atoms with Crippen molar-refractivity contribution in [3.63, 3.8) is 0 Å². The van der Waals surface area contributed by atoms with Gasteiger partial charge in [0.15, 0.2) is 5.82 Å². The largest absolute Gasteiger partial charge is 0.348 e. The lowest BCUT2D eigenvalue weighted by Crippen LogP contribution is -2.37. The lowest BCUT2D eigenvalue weighted by atomic mass is 9.86. The van der Waals surface area contributed by atoms with Crippen molar-refractivity contribution in [1.82, 2.24) is 14.8 Å². The number of rotatable bonds is 4. The summed E-state index contributed by atoms with van der Waals surface area (Å²) in [5, 5.41) is 0.785. The summed E-state index contributed by atoms with van der Waals surface area (Å²) in [5.41, 5.74) is 2.56. The molecular formula is C23H30FN3O2. The van der Waals surface area contributed by atoms with Gasteiger partial charge in [0.2, 0.25) is 5.91 Å². The Kier molecular flexibility index (Phi) is 5.13. The highest BCUT2D eigenvalue weighted by molar-refractivity contribution is 5.99. The highest BCUT2D eigenvalue weighted by Crippen LogP contribution is 2.37. The van der Waals surface area contributed by atoms with Gasteiger partial charge >= 0.3 is 0 Å². The maximum Gasteiger partial charge on any atom is 0.270 e. The summed E-state index contributed by atoms with van der Waals surface area (Å²) in [6.07, 6.45) is 3.80. The van der Waals surface area contributed by atoms with Crippen LogP contribution in [0.3, 0.4) is 0 Å². The van der Waals surface area contributed by atoms with E-state index in [2.05, 4.69) is 18.8 Å². The number of fused-ring (bicyclic) bond motifs is 1. The summed E-state index contributed by atoms with van der Waals surface area (Å²) in [6, 6.07) is 4.07. The van der Waals surface area contributed by atoms with Crippen LogP contribution in [-0.2, 0) is 4.79 Å². The number of likely N-dealkylation sites (tertiary alicyclic amines) is 1. The summed E-state index contributed by atoms with van der Waals surface area (Å²) in [6.45, 7) is 7.03. The van der Waals surface area contributed by atoms with Crippen LogP contribution in [0.1, 0.15) is 79.9 Å². The number of nitrogens with one attached hydrogen (secondary N) is 1. The minimum absolute atomic E-state index is 0.0221. The molecule has 1 aliphatic heterocycles. The maximum absolute atomic E-state index is 15.6. The van der Waals surface area contributed by atoms with Gasteiger partial charge in [0, 0.05) is 44.4 Å². The van der Waals surface area contributed by atoms with Gasteiger partial charge in [-0.15, -0.1) is 0 Å². The zero-order valence-corrected chi connectivity index (χ0v) is 17.7. The molecule has 1 atom stereocenters. The molecule has 2 amide bonds. The summed E-state index contributed by atoms with van der Waals surface area (Å²) in [7, 11) is 1.81. The molecule has 2 aromatic rings. The third-order valence-electron chi connectivity index (χ3n) is 6.49. The SMILES string of the molecule is CC(=O)N1CCC[C@@H](c2cc(C(C)C)c3cc(C(=O)N(C)C4CC4)[nH]c3c2F)C1. The molecule has 4 rings (SSSR count). The molecule has 6 heteroatoms. The van der Waals surface area contributed by atoms with Crippen molar-refractivity contribution in [3.05, 3.63) is 34.8 Å². The molecule has 0 unspecified atom stereocenters. The standard InChI is InChI=1S/C23H30FN3O2/c1-13(2)17-10-18(15-6-5-9-27(12-15)14(3)28)21(24)22-19(17)11-20(25-22)23(29)26(4)16-7-8-16/h10-11,13,15-16,25H,5-9,12H2,1-4H3/t15-/m1/s1. The predicted octanol–water partition coefficient (Wildman–Crippen LogP) is 4.39. The van der Waals surface area contributed by atoms with E-state index in [0.717, 1.165) is 43.2 Å². The van der Waals surface area contributed by atoms with Gasteiger partial charge < -0.3 is 14.8 Å². The molecular weight excluding hydrogens is 369 g/mol. The van der Waals surface area contributed by atoms with Crippen LogP contribution >= 0.6 is 0 Å². The minimum Gasteiger partial charge on any atom is -0.348 e. The average molecular weight is 400 g/mol. The van der Waals surface area contributed by atoms with Crippen molar-refractivity contribution < 1.29 is 14.0 Å². The normalized spacial score (nSPS) is 19.8. The number of hydrogen-bond donors (Lipinski definition) is 1. The lowest BCUT2D eigenvalue weighted by Gasteiger charge is -2.33. The lowest BCUT2D eigenvalue weighted by molar-refractivity contribution is -0.130. The number of H-pyrrole nitrogens is 1. The zero-order valence-electron chi connectivity index (χ0n) is 17.7. The minimum atomic E-state index is -0.284. The van der Waals surface area contributed by atoms with Gasteiger partial charge in [0.25, 0.3) is 5.91 Å². The number of nitrogens with zero attached hydrogens (tertiary/aromatic N) is 2. The fourth-order valence-corrected chi connectivity index (χ4v) is 4.53. The highest BCUT2D eigenvalue weighted by Gasteiger charge is 2.32. The van der Waals surface area contributed by atoms with Crippen LogP contribution < -0.4 is 0 Å². The molecule has 1 N–H and O–H groups in total.